The van der Waals surface area contributed by atoms with E-state index in [2.05, 4.69) is 14.0 Å². The Balaban J connectivity index is 3.41. The number of hydrogen-bond acceptors (Lipinski definition) is 4. The van der Waals surface area contributed by atoms with Crippen LogP contribution in [-0.4, -0.2) is 14.0 Å². The molecule has 0 aromatic carbocycles. The number of aromatic nitrogens is 3. The largest absolute Gasteiger partial charge is 0.374 e. The van der Waals surface area contributed by atoms with Gasteiger partial charge in [0.2, 0.25) is 0 Å². The van der Waals surface area contributed by atoms with E-state index < -0.39 is 0 Å². The van der Waals surface area contributed by atoms with Crippen molar-refractivity contribution in [1.29, 1.82) is 0 Å². The zero-order valence-corrected chi connectivity index (χ0v) is 3.53. The van der Waals surface area contributed by atoms with Gasteiger partial charge in [0.1, 0.15) is 0 Å². The number of nitrogens with one attached hydrogen (secondary N) is 1. The van der Waals surface area contributed by atoms with Crippen LogP contribution in [0.25, 0.3) is 0 Å². The van der Waals surface area contributed by atoms with Crippen LogP contribution >= 0.6 is 11.7 Å². The standard InChI is InChI=1S/CHN3OS/c5-1-2-4-6-3-1/h(H,3,5). The lowest BCUT2D eigenvalue weighted by molar-refractivity contribution is 1.07. The lowest BCUT2D eigenvalue weighted by Crippen LogP contribution is -1.99. The molecule has 0 aliphatic rings. The van der Waals surface area contributed by atoms with E-state index in [1.807, 2.05) is 0 Å². The monoisotopic (exact) mass is 103 g/mol. The second-order valence-electron chi connectivity index (χ2n) is 0.680. The average molecular weight is 103 g/mol. The van der Waals surface area contributed by atoms with Gasteiger partial charge in [-0.1, -0.05) is 9.59 Å². The number of nitrogens with zero attached hydrogens (tertiary/aromatic N) is 2. The molecule has 0 radical (unpaired) electrons. The van der Waals surface area contributed by atoms with Crippen LogP contribution in [0, 0.1) is 0 Å². The van der Waals surface area contributed by atoms with Crippen LogP contribution in [0.15, 0.2) is 4.79 Å². The Labute approximate surface area is 37.1 Å². The van der Waals surface area contributed by atoms with Crippen LogP contribution in [0.1, 0.15) is 0 Å². The molecule has 0 spiro atoms. The van der Waals surface area contributed by atoms with E-state index in [1.165, 1.54) is 0 Å². The summed E-state index contributed by atoms with van der Waals surface area (Å²) < 4.78 is 5.51. The van der Waals surface area contributed by atoms with Gasteiger partial charge in [-0.3, -0.25) is 0 Å². The Kier molecular flexibility index (Phi) is 0.681. The third kappa shape index (κ3) is 0.436. The van der Waals surface area contributed by atoms with E-state index in [4.69, 9.17) is 0 Å². The molecule has 0 saturated carbocycles. The van der Waals surface area contributed by atoms with Crippen LogP contribution in [0.2, 0.25) is 0 Å². The van der Waals surface area contributed by atoms with Crippen molar-refractivity contribution < 1.29 is 0 Å². The Bertz CT molecular complexity index is 149. The van der Waals surface area contributed by atoms with Gasteiger partial charge in [0, 0.05) is 0 Å². The molecule has 5 heteroatoms. The lowest BCUT2D eigenvalue weighted by atomic mass is 11.4. The minimum absolute atomic E-state index is 0.375. The van der Waals surface area contributed by atoms with Crippen molar-refractivity contribution in [2.24, 2.45) is 0 Å². The topological polar surface area (TPSA) is 58.6 Å². The molecule has 4 nitrogen and oxygen atoms in total. The first-order valence-electron chi connectivity index (χ1n) is 1.26. The summed E-state index contributed by atoms with van der Waals surface area (Å²) in [6.07, 6.45) is 0. The van der Waals surface area contributed by atoms with E-state index >= 15 is 0 Å². The van der Waals surface area contributed by atoms with E-state index in [0.29, 0.717) is 0 Å². The molecule has 1 heterocycles. The van der Waals surface area contributed by atoms with E-state index in [9.17, 15) is 4.79 Å². The zero-order chi connectivity index (χ0) is 4.41. The van der Waals surface area contributed by atoms with Gasteiger partial charge in [0.05, 0.1) is 11.7 Å². The summed E-state index contributed by atoms with van der Waals surface area (Å²) in [4.78, 5) is 9.85. The van der Waals surface area contributed by atoms with Gasteiger partial charge in [-0.2, -0.15) is 0 Å². The van der Waals surface area contributed by atoms with Gasteiger partial charge in [0.15, 0.2) is 0 Å². The highest BCUT2D eigenvalue weighted by Gasteiger charge is 1.75. The van der Waals surface area contributed by atoms with Crippen LogP contribution in [0.3, 0.4) is 0 Å². The molecule has 1 rings (SSSR count). The van der Waals surface area contributed by atoms with E-state index in [1.54, 1.807) is 0 Å². The molecule has 0 bridgehead atoms. The maximum Gasteiger partial charge on any atom is 0.374 e. The summed E-state index contributed by atoms with van der Waals surface area (Å²) in [5, 5.41) is 3.07. The number of hydrogen-bond donors (Lipinski definition) is 1. The highest BCUT2D eigenvalue weighted by atomic mass is 32.1. The first kappa shape index (κ1) is 3.48. The van der Waals surface area contributed by atoms with E-state index in [0.717, 1.165) is 11.7 Å². The fraction of sp³-hybridized carbons (Fsp3) is 0. The molecule has 0 fully saturated rings. The van der Waals surface area contributed by atoms with Crippen LogP contribution < -0.4 is 5.69 Å². The molecule has 1 aromatic rings. The van der Waals surface area contributed by atoms with Gasteiger partial charge < -0.3 is 0 Å². The first-order chi connectivity index (χ1) is 2.89. The lowest BCUT2D eigenvalue weighted by Gasteiger charge is -1.43. The Hall–Kier alpha value is -0.710. The Morgan fingerprint density at radius 3 is 2.83 bits per heavy atom. The molecule has 0 aliphatic heterocycles. The SMILES string of the molecule is O=c1nns[nH]1. The maximum absolute atomic E-state index is 9.85. The summed E-state index contributed by atoms with van der Waals surface area (Å²) in [7, 11) is 0. The summed E-state index contributed by atoms with van der Waals surface area (Å²) in [6, 6.07) is 0. The predicted molar refractivity (Wildman–Crippen MR) is 20.5 cm³/mol. The van der Waals surface area contributed by atoms with Crippen LogP contribution in [0.5, 0.6) is 0 Å². The van der Waals surface area contributed by atoms with Crippen LogP contribution in [0.4, 0.5) is 0 Å². The summed E-state index contributed by atoms with van der Waals surface area (Å²) in [6.45, 7) is 0. The van der Waals surface area contributed by atoms with Crippen molar-refractivity contribution in [2.45, 2.75) is 0 Å². The van der Waals surface area contributed by atoms with Gasteiger partial charge >= 0.3 is 5.69 Å². The van der Waals surface area contributed by atoms with Gasteiger partial charge in [-0.15, -0.1) is 0 Å². The molecule has 32 valence electrons. The van der Waals surface area contributed by atoms with Crippen molar-refractivity contribution in [3.05, 3.63) is 10.5 Å². The van der Waals surface area contributed by atoms with Gasteiger partial charge in [0.25, 0.3) is 0 Å². The molecule has 0 aliphatic carbocycles. The fourth-order valence-electron chi connectivity index (χ4n) is 0.137. The average Bonchev–Trinajstić information content (AvgIpc) is 1.86. The van der Waals surface area contributed by atoms with Crippen molar-refractivity contribution in [2.75, 3.05) is 0 Å². The summed E-state index contributed by atoms with van der Waals surface area (Å²) in [5.74, 6) is 0. The molecule has 1 aromatic heterocycles. The maximum atomic E-state index is 9.85. The summed E-state index contributed by atoms with van der Waals surface area (Å²) in [5.41, 5.74) is -0.375. The van der Waals surface area contributed by atoms with Gasteiger partial charge in [-0.05, 0) is 0 Å². The van der Waals surface area contributed by atoms with Gasteiger partial charge in [-0.25, -0.2) is 9.17 Å². The number of aromatic amines is 1. The second kappa shape index (κ2) is 1.17. The number of H-pyrrole nitrogens is 1. The number of rotatable bonds is 0. The summed E-state index contributed by atoms with van der Waals surface area (Å²) >= 11 is 0.941. The zero-order valence-electron chi connectivity index (χ0n) is 2.71. The third-order valence-corrected chi connectivity index (χ3v) is 0.735. The predicted octanol–water partition coefficient (Wildman–Crippen LogP) is -0.774. The van der Waals surface area contributed by atoms with Crippen molar-refractivity contribution in [3.8, 4) is 0 Å². The fourth-order valence-corrected chi connectivity index (χ4v) is 0.412. The van der Waals surface area contributed by atoms with Crippen LogP contribution in [-0.2, 0) is 0 Å². The Morgan fingerprint density at radius 2 is 2.67 bits per heavy atom. The molecule has 0 unspecified atom stereocenters. The minimum atomic E-state index is -0.375. The third-order valence-electron chi connectivity index (χ3n) is 0.305. The minimum Gasteiger partial charge on any atom is -0.243 e. The quantitative estimate of drug-likeness (QED) is 0.469. The molecule has 6 heavy (non-hydrogen) atoms. The van der Waals surface area contributed by atoms with Crippen molar-refractivity contribution in [3.63, 3.8) is 0 Å². The smallest absolute Gasteiger partial charge is 0.243 e. The Morgan fingerprint density at radius 1 is 1.83 bits per heavy atom. The highest BCUT2D eigenvalue weighted by molar-refractivity contribution is 6.98. The molecule has 0 saturated heterocycles. The molecule has 0 amide bonds. The second-order valence-corrected chi connectivity index (χ2v) is 1.23. The molecule has 1 N–H and O–H groups in total. The van der Waals surface area contributed by atoms with E-state index in [-0.39, 0.29) is 5.69 Å². The first-order valence-corrected chi connectivity index (χ1v) is 2.04. The van der Waals surface area contributed by atoms with Crippen molar-refractivity contribution >= 4 is 11.7 Å². The highest BCUT2D eigenvalue weighted by Crippen LogP contribution is 1.60. The van der Waals surface area contributed by atoms with Crippen molar-refractivity contribution in [1.82, 2.24) is 14.0 Å². The normalized spacial score (nSPS) is 8.67. The molecular weight excluding hydrogens is 102 g/mol. The molecule has 0 atom stereocenters. The molecular formula is CHN3OS.